The molecule has 0 saturated carbocycles. The summed E-state index contributed by atoms with van der Waals surface area (Å²) < 4.78 is 0. The van der Waals surface area contributed by atoms with Crippen LogP contribution < -0.4 is 0 Å². The Morgan fingerprint density at radius 2 is 1.64 bits per heavy atom. The molecule has 0 spiro atoms. The topological polar surface area (TPSA) is 24.7 Å². The maximum Gasteiger partial charge on any atom is 0.0714 e. The van der Waals surface area contributed by atoms with Gasteiger partial charge in [0.15, 0.2) is 0 Å². The van der Waals surface area contributed by atoms with Crippen LogP contribution in [0.15, 0.2) is 63.4 Å². The van der Waals surface area contributed by atoms with Crippen molar-refractivity contribution in [1.82, 2.24) is 0 Å². The number of allylic oxidation sites excluding steroid dienone is 4. The predicted octanol–water partition coefficient (Wildman–Crippen LogP) is 6.48. The van der Waals surface area contributed by atoms with Crippen LogP contribution in [0.5, 0.6) is 0 Å². The van der Waals surface area contributed by atoms with E-state index in [1.54, 1.807) is 0 Å². The fourth-order valence-corrected chi connectivity index (χ4v) is 3.66. The van der Waals surface area contributed by atoms with E-state index in [1.165, 1.54) is 4.91 Å². The van der Waals surface area contributed by atoms with Gasteiger partial charge in [-0.25, -0.2) is 4.99 Å². The molecule has 1 atom stereocenters. The van der Waals surface area contributed by atoms with Gasteiger partial charge in [-0.05, 0) is 55.5 Å². The Labute approximate surface area is 157 Å². The van der Waals surface area contributed by atoms with Crippen LogP contribution in [0.4, 0.5) is 5.69 Å². The fourth-order valence-electron chi connectivity index (χ4n) is 2.68. The van der Waals surface area contributed by atoms with Crippen LogP contribution in [-0.2, 0) is 0 Å². The number of hydrogen-bond donors (Lipinski definition) is 0. The second-order valence-corrected chi connectivity index (χ2v) is 8.47. The zero-order chi connectivity index (χ0) is 18.2. The van der Waals surface area contributed by atoms with Gasteiger partial charge in [0.05, 0.1) is 17.1 Å². The highest BCUT2D eigenvalue weighted by Crippen LogP contribution is 2.26. The Morgan fingerprint density at radius 1 is 0.920 bits per heavy atom. The van der Waals surface area contributed by atoms with Crippen molar-refractivity contribution in [2.75, 3.05) is 5.75 Å². The lowest BCUT2D eigenvalue weighted by molar-refractivity contribution is 0.522. The summed E-state index contributed by atoms with van der Waals surface area (Å²) in [7, 11) is 0. The quantitative estimate of drug-likeness (QED) is 0.514. The highest BCUT2D eigenvalue weighted by Gasteiger charge is 2.14. The average molecular weight is 355 g/mol. The lowest BCUT2D eigenvalue weighted by atomic mass is 10.1. The molecule has 25 heavy (non-hydrogen) atoms. The van der Waals surface area contributed by atoms with Crippen molar-refractivity contribution in [2.45, 2.75) is 47.1 Å². The molecule has 0 heterocycles. The van der Waals surface area contributed by atoms with E-state index < -0.39 is 0 Å². The van der Waals surface area contributed by atoms with Crippen molar-refractivity contribution in [1.29, 1.82) is 0 Å². The molecule has 0 aromatic heterocycles. The SMILES string of the molecule is CC(C)CSC1=CC(=Nc2ccccc2)C=CC1=NC(C)CC(C)C. The first-order valence-electron chi connectivity index (χ1n) is 9.18. The van der Waals surface area contributed by atoms with Crippen molar-refractivity contribution < 1.29 is 0 Å². The molecule has 0 fully saturated rings. The van der Waals surface area contributed by atoms with E-state index >= 15 is 0 Å². The van der Waals surface area contributed by atoms with Crippen molar-refractivity contribution in [3.05, 3.63) is 53.5 Å². The van der Waals surface area contributed by atoms with Crippen molar-refractivity contribution in [2.24, 2.45) is 21.8 Å². The second kappa shape index (κ2) is 9.76. The molecular weight excluding hydrogens is 324 g/mol. The van der Waals surface area contributed by atoms with Crippen LogP contribution in [0.1, 0.15) is 41.0 Å². The minimum absolute atomic E-state index is 0.343. The Bertz CT molecular complexity index is 667. The van der Waals surface area contributed by atoms with Gasteiger partial charge in [-0.2, -0.15) is 0 Å². The first kappa shape index (κ1) is 19.7. The minimum Gasteiger partial charge on any atom is -0.281 e. The normalized spacial score (nSPS) is 19.1. The van der Waals surface area contributed by atoms with Gasteiger partial charge in [0, 0.05) is 16.7 Å². The summed E-state index contributed by atoms with van der Waals surface area (Å²) >= 11 is 1.89. The van der Waals surface area contributed by atoms with Crippen LogP contribution in [0.25, 0.3) is 0 Å². The summed E-state index contributed by atoms with van der Waals surface area (Å²) in [4.78, 5) is 10.9. The lowest BCUT2D eigenvalue weighted by Crippen LogP contribution is -2.12. The number of thioether (sulfide) groups is 1. The van der Waals surface area contributed by atoms with Crippen LogP contribution in [-0.4, -0.2) is 23.2 Å². The Kier molecular flexibility index (Phi) is 7.70. The first-order chi connectivity index (χ1) is 11.9. The molecule has 1 aromatic rings. The second-order valence-electron chi connectivity index (χ2n) is 7.41. The summed E-state index contributed by atoms with van der Waals surface area (Å²) in [5.74, 6) is 2.41. The zero-order valence-corrected chi connectivity index (χ0v) is 16.9. The highest BCUT2D eigenvalue weighted by atomic mass is 32.2. The van der Waals surface area contributed by atoms with E-state index in [9.17, 15) is 0 Å². The Morgan fingerprint density at radius 3 is 2.28 bits per heavy atom. The van der Waals surface area contributed by atoms with Crippen molar-refractivity contribution >= 4 is 28.9 Å². The number of aliphatic imine (C=N–C) groups is 2. The van der Waals surface area contributed by atoms with E-state index in [0.717, 1.165) is 29.3 Å². The molecule has 1 unspecified atom stereocenters. The molecule has 1 aromatic carbocycles. The van der Waals surface area contributed by atoms with Gasteiger partial charge in [0.1, 0.15) is 0 Å². The molecule has 0 bridgehead atoms. The summed E-state index contributed by atoms with van der Waals surface area (Å²) in [6, 6.07) is 10.5. The van der Waals surface area contributed by atoms with Crippen LogP contribution in [0.3, 0.4) is 0 Å². The molecule has 2 nitrogen and oxygen atoms in total. The van der Waals surface area contributed by atoms with Gasteiger partial charge >= 0.3 is 0 Å². The molecule has 3 heteroatoms. The van der Waals surface area contributed by atoms with Gasteiger partial charge < -0.3 is 0 Å². The fraction of sp³-hybridized carbons (Fsp3) is 0.455. The van der Waals surface area contributed by atoms with E-state index in [2.05, 4.69) is 52.8 Å². The van der Waals surface area contributed by atoms with Gasteiger partial charge in [-0.15, -0.1) is 11.8 Å². The standard InChI is InChI=1S/C22H30N2S/c1-16(2)13-18(5)23-21-12-11-20(14-22(21)25-15-17(3)4)24-19-9-7-6-8-10-19/h6-12,14,16-18H,13,15H2,1-5H3. The van der Waals surface area contributed by atoms with Crippen molar-refractivity contribution in [3.63, 3.8) is 0 Å². The third-order valence-electron chi connectivity index (χ3n) is 3.70. The van der Waals surface area contributed by atoms with E-state index in [4.69, 9.17) is 9.98 Å². The summed E-state index contributed by atoms with van der Waals surface area (Å²) in [6.07, 6.45) is 7.50. The Hall–Kier alpha value is -1.61. The van der Waals surface area contributed by atoms with Gasteiger partial charge in [-0.1, -0.05) is 45.9 Å². The van der Waals surface area contributed by atoms with Crippen LogP contribution >= 0.6 is 11.8 Å². The Balaban J connectivity index is 2.24. The number of hydrogen-bond acceptors (Lipinski definition) is 3. The summed E-state index contributed by atoms with van der Waals surface area (Å²) in [5, 5.41) is 0. The molecule has 0 radical (unpaired) electrons. The van der Waals surface area contributed by atoms with E-state index in [-0.39, 0.29) is 0 Å². The van der Waals surface area contributed by atoms with Gasteiger partial charge in [0.25, 0.3) is 0 Å². The number of para-hydroxylation sites is 1. The maximum atomic E-state index is 4.96. The molecule has 0 amide bonds. The smallest absolute Gasteiger partial charge is 0.0714 e. The molecular formula is C22H30N2S. The molecule has 2 rings (SSSR count). The molecule has 134 valence electrons. The average Bonchev–Trinajstić information content (AvgIpc) is 2.55. The first-order valence-corrected chi connectivity index (χ1v) is 10.2. The molecule has 1 aliphatic rings. The van der Waals surface area contributed by atoms with Gasteiger partial charge in [-0.3, -0.25) is 4.99 Å². The summed E-state index contributed by atoms with van der Waals surface area (Å²) in [6.45, 7) is 11.2. The van der Waals surface area contributed by atoms with Gasteiger partial charge in [0.2, 0.25) is 0 Å². The number of benzene rings is 1. The largest absolute Gasteiger partial charge is 0.281 e. The highest BCUT2D eigenvalue weighted by molar-refractivity contribution is 8.04. The third kappa shape index (κ3) is 7.03. The monoisotopic (exact) mass is 354 g/mol. The van der Waals surface area contributed by atoms with Crippen molar-refractivity contribution in [3.8, 4) is 0 Å². The zero-order valence-electron chi connectivity index (χ0n) is 16.1. The number of rotatable bonds is 7. The molecule has 0 N–H and O–H groups in total. The summed E-state index contributed by atoms with van der Waals surface area (Å²) in [5.41, 5.74) is 3.08. The van der Waals surface area contributed by atoms with E-state index in [1.807, 2.05) is 42.1 Å². The minimum atomic E-state index is 0.343. The number of nitrogens with zero attached hydrogens (tertiary/aromatic N) is 2. The molecule has 0 saturated heterocycles. The molecule has 1 aliphatic carbocycles. The molecule has 0 aliphatic heterocycles. The van der Waals surface area contributed by atoms with Crippen LogP contribution in [0.2, 0.25) is 0 Å². The predicted molar refractivity (Wildman–Crippen MR) is 114 cm³/mol. The maximum absolute atomic E-state index is 4.96. The lowest BCUT2D eigenvalue weighted by Gasteiger charge is -2.16. The third-order valence-corrected chi connectivity index (χ3v) is 5.17. The van der Waals surface area contributed by atoms with E-state index in [0.29, 0.717) is 17.9 Å². The van der Waals surface area contributed by atoms with Crippen LogP contribution in [0, 0.1) is 11.8 Å².